The van der Waals surface area contributed by atoms with E-state index in [4.69, 9.17) is 25.8 Å². The normalized spacial score (nSPS) is 32.4. The van der Waals surface area contributed by atoms with Crippen LogP contribution in [-0.2, 0) is 19.0 Å². The van der Waals surface area contributed by atoms with Crippen molar-refractivity contribution in [2.45, 2.75) is 57.6 Å². The third kappa shape index (κ3) is 3.02. The van der Waals surface area contributed by atoms with Gasteiger partial charge < -0.3 is 18.8 Å². The van der Waals surface area contributed by atoms with Gasteiger partial charge in [0, 0.05) is 22.6 Å². The molecule has 0 bridgehead atoms. The summed E-state index contributed by atoms with van der Waals surface area (Å²) < 4.78 is 20.0. The second kappa shape index (κ2) is 6.50. The summed E-state index contributed by atoms with van der Waals surface area (Å²) in [5.74, 6) is -1.09. The first-order valence-electron chi connectivity index (χ1n) is 8.66. The first-order valence-corrected chi connectivity index (χ1v) is 10.1. The molecule has 146 valence electrons. The number of methoxy groups -OCH3 is 1. The number of nitrogens with zero attached hydrogens (tertiary/aromatic N) is 4. The monoisotopic (exact) mass is 506 g/mol. The molecule has 2 aliphatic rings. The number of aromatic nitrogens is 4. The number of carbonyl (C=O) groups excluding carboxylic acids is 1. The molecule has 0 unspecified atom stereocenters. The number of hydrogen-bond acceptors (Lipinski definition) is 7. The fourth-order valence-corrected chi connectivity index (χ4v) is 4.99. The lowest BCUT2D eigenvalue weighted by Crippen LogP contribution is -2.52. The van der Waals surface area contributed by atoms with E-state index in [0.29, 0.717) is 33.0 Å². The van der Waals surface area contributed by atoms with E-state index in [-0.39, 0.29) is 18.1 Å². The van der Waals surface area contributed by atoms with Crippen molar-refractivity contribution in [2.24, 2.45) is 5.41 Å². The third-order valence-electron chi connectivity index (χ3n) is 5.46. The van der Waals surface area contributed by atoms with E-state index in [9.17, 15) is 4.79 Å². The van der Waals surface area contributed by atoms with Crippen LogP contribution in [0.2, 0.25) is 5.15 Å². The average Bonchev–Trinajstić information content (AvgIpc) is 3.15. The van der Waals surface area contributed by atoms with Crippen molar-refractivity contribution in [2.75, 3.05) is 7.11 Å². The maximum Gasteiger partial charge on any atom is 0.314 e. The van der Waals surface area contributed by atoms with Crippen LogP contribution >= 0.6 is 34.2 Å². The van der Waals surface area contributed by atoms with E-state index < -0.39 is 17.3 Å². The summed E-state index contributed by atoms with van der Waals surface area (Å²) in [5.41, 5.74) is 0.424. The van der Waals surface area contributed by atoms with Crippen molar-refractivity contribution in [3.63, 3.8) is 0 Å². The molecule has 1 aliphatic heterocycles. The van der Waals surface area contributed by atoms with Crippen molar-refractivity contribution in [3.05, 3.63) is 15.3 Å². The lowest BCUT2D eigenvalue weighted by Gasteiger charge is -2.42. The summed E-state index contributed by atoms with van der Waals surface area (Å²) in [7, 11) is 1.40. The lowest BCUT2D eigenvalue weighted by molar-refractivity contribution is -0.174. The summed E-state index contributed by atoms with van der Waals surface area (Å²) in [5, 5.41) is 0.318. The van der Waals surface area contributed by atoms with Crippen LogP contribution in [0.25, 0.3) is 11.2 Å². The number of esters is 1. The minimum atomic E-state index is -0.801. The molecule has 2 fully saturated rings. The maximum atomic E-state index is 12.5. The van der Waals surface area contributed by atoms with Gasteiger partial charge in [0.2, 0.25) is 0 Å². The predicted molar refractivity (Wildman–Crippen MR) is 105 cm³/mol. The molecule has 2 aromatic rings. The lowest BCUT2D eigenvalue weighted by atomic mass is 9.70. The fourth-order valence-electron chi connectivity index (χ4n) is 4.17. The topological polar surface area (TPSA) is 88.4 Å². The molecular weight excluding hydrogens is 487 g/mol. The largest absolute Gasteiger partial charge is 0.469 e. The summed E-state index contributed by atoms with van der Waals surface area (Å²) in [4.78, 5) is 25.6. The van der Waals surface area contributed by atoms with Crippen LogP contribution in [0.4, 0.5) is 0 Å². The Hall–Kier alpha value is -1.04. The number of halogens is 2. The summed E-state index contributed by atoms with van der Waals surface area (Å²) in [6.07, 6.45) is 2.21. The zero-order valence-corrected chi connectivity index (χ0v) is 18.3. The molecule has 27 heavy (non-hydrogen) atoms. The molecule has 8 nitrogen and oxygen atoms in total. The van der Waals surface area contributed by atoms with Crippen molar-refractivity contribution in [3.8, 4) is 0 Å². The van der Waals surface area contributed by atoms with Gasteiger partial charge in [0.05, 0.1) is 24.9 Å². The van der Waals surface area contributed by atoms with Gasteiger partial charge in [-0.25, -0.2) is 15.0 Å². The molecule has 0 spiro atoms. The summed E-state index contributed by atoms with van der Waals surface area (Å²) >= 11 is 8.26. The Morgan fingerprint density at radius 2 is 2.11 bits per heavy atom. The van der Waals surface area contributed by atoms with Crippen molar-refractivity contribution < 1.29 is 19.0 Å². The molecule has 1 aliphatic carbocycles. The molecule has 2 aromatic heterocycles. The minimum Gasteiger partial charge on any atom is -0.469 e. The zero-order chi connectivity index (χ0) is 19.6. The first kappa shape index (κ1) is 19.3. The number of imidazole rings is 1. The van der Waals surface area contributed by atoms with Crippen molar-refractivity contribution in [1.82, 2.24) is 19.5 Å². The van der Waals surface area contributed by atoms with Gasteiger partial charge in [0.1, 0.15) is 17.7 Å². The Balaban J connectivity index is 1.79. The van der Waals surface area contributed by atoms with E-state index in [0.717, 1.165) is 0 Å². The second-order valence-electron chi connectivity index (χ2n) is 7.64. The quantitative estimate of drug-likeness (QED) is 0.268. The molecule has 4 rings (SSSR count). The predicted octanol–water partition coefficient (Wildman–Crippen LogP) is 3.12. The second-order valence-corrected chi connectivity index (χ2v) is 8.97. The standard InChI is InChI=1S/C17H20ClIN4O4/c1-16(2)26-10-8(5-6-17(3,11(10)27-16)14(24)25-4)23-7-20-9-12(18)21-15(19)22-13(9)23/h7-8,10-11H,5-6H2,1-4H3/t8-,10+,11+,17+/m1/s1. The fraction of sp³-hybridized carbons (Fsp3) is 0.647. The van der Waals surface area contributed by atoms with Crippen LogP contribution in [0, 0.1) is 9.25 Å². The van der Waals surface area contributed by atoms with Crippen LogP contribution in [-0.4, -0.2) is 50.6 Å². The smallest absolute Gasteiger partial charge is 0.314 e. The van der Waals surface area contributed by atoms with Crippen LogP contribution in [0.15, 0.2) is 6.33 Å². The SMILES string of the molecule is COC(=O)[C@@]1(C)CC[C@@H](n2cnc3c(Cl)nc(I)nc32)[C@@H]2OC(C)(C)O[C@@H]21. The molecule has 0 radical (unpaired) electrons. The Kier molecular flexibility index (Phi) is 4.64. The zero-order valence-electron chi connectivity index (χ0n) is 15.4. The highest BCUT2D eigenvalue weighted by Gasteiger charge is 2.60. The highest BCUT2D eigenvalue weighted by Crippen LogP contribution is 2.51. The van der Waals surface area contributed by atoms with Gasteiger partial charge in [0.25, 0.3) is 0 Å². The molecule has 1 saturated carbocycles. The number of carbonyl (C=O) groups is 1. The Morgan fingerprint density at radius 1 is 1.37 bits per heavy atom. The number of fused-ring (bicyclic) bond motifs is 2. The van der Waals surface area contributed by atoms with E-state index in [1.54, 1.807) is 6.33 Å². The molecule has 0 N–H and O–H groups in total. The van der Waals surface area contributed by atoms with E-state index in [1.807, 2.05) is 47.9 Å². The van der Waals surface area contributed by atoms with Gasteiger partial charge in [-0.2, -0.15) is 0 Å². The Labute approximate surface area is 175 Å². The van der Waals surface area contributed by atoms with Gasteiger partial charge in [-0.05, 0) is 33.6 Å². The average molecular weight is 507 g/mol. The summed E-state index contributed by atoms with van der Waals surface area (Å²) in [6.45, 7) is 5.59. The molecule has 0 aromatic carbocycles. The van der Waals surface area contributed by atoms with Crippen LogP contribution < -0.4 is 0 Å². The molecule has 0 amide bonds. The van der Waals surface area contributed by atoms with E-state index in [2.05, 4.69) is 15.0 Å². The number of ether oxygens (including phenoxy) is 3. The van der Waals surface area contributed by atoms with Gasteiger partial charge >= 0.3 is 5.97 Å². The Morgan fingerprint density at radius 3 is 2.81 bits per heavy atom. The highest BCUT2D eigenvalue weighted by molar-refractivity contribution is 14.1. The van der Waals surface area contributed by atoms with Gasteiger partial charge in [-0.1, -0.05) is 11.6 Å². The molecular formula is C17H20ClIN4O4. The van der Waals surface area contributed by atoms with E-state index >= 15 is 0 Å². The highest BCUT2D eigenvalue weighted by atomic mass is 127. The maximum absolute atomic E-state index is 12.5. The van der Waals surface area contributed by atoms with Crippen LogP contribution in [0.5, 0.6) is 0 Å². The molecule has 1 saturated heterocycles. The van der Waals surface area contributed by atoms with Crippen LogP contribution in [0.3, 0.4) is 0 Å². The molecule has 3 heterocycles. The van der Waals surface area contributed by atoms with Gasteiger partial charge in [-0.15, -0.1) is 0 Å². The molecule has 4 atom stereocenters. The van der Waals surface area contributed by atoms with Gasteiger partial charge in [-0.3, -0.25) is 4.79 Å². The number of rotatable bonds is 2. The van der Waals surface area contributed by atoms with Gasteiger partial charge in [0.15, 0.2) is 20.4 Å². The van der Waals surface area contributed by atoms with Crippen molar-refractivity contribution >= 4 is 51.3 Å². The van der Waals surface area contributed by atoms with Crippen LogP contribution in [0.1, 0.15) is 39.7 Å². The minimum absolute atomic E-state index is 0.0960. The Bertz CT molecular complexity index is 920. The van der Waals surface area contributed by atoms with E-state index in [1.165, 1.54) is 7.11 Å². The molecule has 10 heteroatoms. The van der Waals surface area contributed by atoms with Crippen molar-refractivity contribution in [1.29, 1.82) is 0 Å². The summed E-state index contributed by atoms with van der Waals surface area (Å²) in [6, 6.07) is -0.0960. The number of hydrogen-bond donors (Lipinski definition) is 0. The first-order chi connectivity index (χ1) is 12.7. The third-order valence-corrected chi connectivity index (χ3v) is 6.20.